The van der Waals surface area contributed by atoms with E-state index >= 15 is 0 Å². The Bertz CT molecular complexity index is 174. The van der Waals surface area contributed by atoms with E-state index in [0.29, 0.717) is 12.5 Å². The molecule has 1 N–H and O–H groups in total. The number of aliphatic hydroxyl groups is 1. The summed E-state index contributed by atoms with van der Waals surface area (Å²) in [4.78, 5) is 0. The molecule has 0 aliphatic heterocycles. The van der Waals surface area contributed by atoms with Crippen molar-refractivity contribution in [2.45, 2.75) is 64.8 Å². The Morgan fingerprint density at radius 3 is 1.94 bits per heavy atom. The second-order valence-electron chi connectivity index (χ2n) is 6.44. The molecule has 0 aliphatic rings. The summed E-state index contributed by atoms with van der Waals surface area (Å²) in [5.74, 6) is 0.550. The third-order valence-corrected chi connectivity index (χ3v) is 4.03. The maximum Gasteiger partial charge on any atom is 0.0855 e. The highest BCUT2D eigenvalue weighted by molar-refractivity contribution is 4.59. The minimum Gasteiger partial charge on any atom is -0.396 e. The van der Waals surface area contributed by atoms with Gasteiger partial charge in [-0.2, -0.15) is 0 Å². The number of hydrogen-bond acceptors (Lipinski definition) is 1. The molecule has 17 heavy (non-hydrogen) atoms. The minimum absolute atomic E-state index is 0.380. The highest BCUT2D eigenvalue weighted by atomic mass is 16.3. The van der Waals surface area contributed by atoms with E-state index in [2.05, 4.69) is 35.0 Å². The van der Waals surface area contributed by atoms with Crippen LogP contribution in [0.1, 0.15) is 58.8 Å². The first-order valence-electron chi connectivity index (χ1n) is 7.33. The number of quaternary nitrogens is 1. The van der Waals surface area contributed by atoms with Crippen LogP contribution in [0.4, 0.5) is 0 Å². The van der Waals surface area contributed by atoms with Gasteiger partial charge in [-0.3, -0.25) is 0 Å². The van der Waals surface area contributed by atoms with Crippen LogP contribution < -0.4 is 0 Å². The van der Waals surface area contributed by atoms with Gasteiger partial charge in [0, 0.05) is 6.61 Å². The van der Waals surface area contributed by atoms with Crippen molar-refractivity contribution in [3.05, 3.63) is 0 Å². The molecule has 2 unspecified atom stereocenters. The maximum atomic E-state index is 9.29. The first-order chi connectivity index (χ1) is 7.91. The van der Waals surface area contributed by atoms with Crippen molar-refractivity contribution in [3.8, 4) is 0 Å². The average molecular weight is 244 g/mol. The molecule has 0 saturated heterocycles. The predicted octanol–water partition coefficient (Wildman–Crippen LogP) is 3.44. The van der Waals surface area contributed by atoms with Crippen LogP contribution in [-0.2, 0) is 0 Å². The van der Waals surface area contributed by atoms with Crippen LogP contribution in [0.2, 0.25) is 0 Å². The zero-order valence-electron chi connectivity index (χ0n) is 12.7. The number of rotatable bonds is 10. The zero-order chi connectivity index (χ0) is 13.3. The van der Waals surface area contributed by atoms with Gasteiger partial charge >= 0.3 is 0 Å². The summed E-state index contributed by atoms with van der Waals surface area (Å²) >= 11 is 0. The summed E-state index contributed by atoms with van der Waals surface area (Å²) in [5, 5.41) is 9.29. The Balaban J connectivity index is 3.61. The lowest BCUT2D eigenvalue weighted by Crippen LogP contribution is -2.43. The van der Waals surface area contributed by atoms with E-state index in [-0.39, 0.29) is 0 Å². The molecule has 2 nitrogen and oxygen atoms in total. The average Bonchev–Trinajstić information content (AvgIpc) is 2.26. The van der Waals surface area contributed by atoms with E-state index in [9.17, 15) is 5.11 Å². The van der Waals surface area contributed by atoms with Crippen molar-refractivity contribution in [1.82, 2.24) is 0 Å². The third kappa shape index (κ3) is 8.62. The van der Waals surface area contributed by atoms with Crippen LogP contribution >= 0.6 is 0 Å². The third-order valence-electron chi connectivity index (χ3n) is 4.03. The summed E-state index contributed by atoms with van der Waals surface area (Å²) in [6, 6.07) is 0.734. The van der Waals surface area contributed by atoms with Gasteiger partial charge in [0.25, 0.3) is 0 Å². The zero-order valence-corrected chi connectivity index (χ0v) is 12.7. The van der Waals surface area contributed by atoms with E-state index < -0.39 is 0 Å². The van der Waals surface area contributed by atoms with Gasteiger partial charge in [-0.05, 0) is 38.5 Å². The molecule has 0 amide bonds. The van der Waals surface area contributed by atoms with Crippen molar-refractivity contribution in [2.24, 2.45) is 5.92 Å². The van der Waals surface area contributed by atoms with E-state index in [0.717, 1.165) is 10.5 Å². The Kier molecular flexibility index (Phi) is 8.89. The Morgan fingerprint density at radius 2 is 1.47 bits per heavy atom. The van der Waals surface area contributed by atoms with E-state index in [4.69, 9.17) is 0 Å². The Hall–Kier alpha value is -0.0800. The molecule has 0 saturated carbocycles. The summed E-state index contributed by atoms with van der Waals surface area (Å²) < 4.78 is 1.05. The van der Waals surface area contributed by atoms with Crippen LogP contribution in [0.15, 0.2) is 0 Å². The molecule has 0 aromatic heterocycles. The molecule has 0 bridgehead atoms. The number of nitrogens with zero attached hydrogens (tertiary/aromatic N) is 1. The molecule has 0 rings (SSSR count). The molecular formula is C15H34NO+. The van der Waals surface area contributed by atoms with Crippen molar-refractivity contribution >= 4 is 0 Å². The lowest BCUT2D eigenvalue weighted by Gasteiger charge is -2.31. The van der Waals surface area contributed by atoms with Crippen LogP contribution in [-0.4, -0.2) is 43.4 Å². The Morgan fingerprint density at radius 1 is 0.941 bits per heavy atom. The van der Waals surface area contributed by atoms with Gasteiger partial charge < -0.3 is 9.59 Å². The van der Waals surface area contributed by atoms with Crippen LogP contribution in [0.25, 0.3) is 0 Å². The molecule has 0 aromatic carbocycles. The fraction of sp³-hybridized carbons (Fsp3) is 1.00. The Labute approximate surface area is 109 Å². The number of hydrogen-bond donors (Lipinski definition) is 1. The smallest absolute Gasteiger partial charge is 0.0855 e. The maximum absolute atomic E-state index is 9.29. The summed E-state index contributed by atoms with van der Waals surface area (Å²) in [7, 11) is 6.80. The van der Waals surface area contributed by atoms with Crippen LogP contribution in [0.3, 0.4) is 0 Å². The van der Waals surface area contributed by atoms with Gasteiger partial charge in [0.15, 0.2) is 0 Å². The van der Waals surface area contributed by atoms with Gasteiger partial charge in [-0.15, -0.1) is 0 Å². The standard InChI is InChI=1S/C15H34NO/c1-6-7-11-15(13-17)12-9-8-10-14(2)16(3,4)5/h14-15,17H,6-13H2,1-5H3/q+1. The molecular weight excluding hydrogens is 210 g/mol. The van der Waals surface area contributed by atoms with Gasteiger partial charge in [0.2, 0.25) is 0 Å². The van der Waals surface area contributed by atoms with E-state index in [1.54, 1.807) is 0 Å². The largest absolute Gasteiger partial charge is 0.396 e. The highest BCUT2D eigenvalue weighted by Gasteiger charge is 2.17. The second-order valence-corrected chi connectivity index (χ2v) is 6.44. The van der Waals surface area contributed by atoms with E-state index in [1.165, 1.54) is 44.9 Å². The fourth-order valence-corrected chi connectivity index (χ4v) is 2.08. The lowest BCUT2D eigenvalue weighted by molar-refractivity contribution is -0.894. The molecule has 0 radical (unpaired) electrons. The van der Waals surface area contributed by atoms with Gasteiger partial charge in [0.05, 0.1) is 27.2 Å². The SMILES string of the molecule is CCCCC(CO)CCCCC(C)[N+](C)(C)C. The first-order valence-corrected chi connectivity index (χ1v) is 7.33. The molecule has 2 heteroatoms. The van der Waals surface area contributed by atoms with Crippen molar-refractivity contribution in [2.75, 3.05) is 27.7 Å². The molecule has 0 fully saturated rings. The molecule has 0 spiro atoms. The van der Waals surface area contributed by atoms with Crippen molar-refractivity contribution in [3.63, 3.8) is 0 Å². The number of aliphatic hydroxyl groups excluding tert-OH is 1. The summed E-state index contributed by atoms with van der Waals surface area (Å²) in [6.07, 6.45) is 8.81. The van der Waals surface area contributed by atoms with Crippen LogP contribution in [0.5, 0.6) is 0 Å². The first kappa shape index (κ1) is 16.9. The monoisotopic (exact) mass is 244 g/mol. The van der Waals surface area contributed by atoms with Crippen molar-refractivity contribution < 1.29 is 9.59 Å². The topological polar surface area (TPSA) is 20.2 Å². The summed E-state index contributed by atoms with van der Waals surface area (Å²) in [6.45, 7) is 4.93. The molecule has 0 aliphatic carbocycles. The fourth-order valence-electron chi connectivity index (χ4n) is 2.08. The number of unbranched alkanes of at least 4 members (excludes halogenated alkanes) is 2. The molecule has 2 atom stereocenters. The molecule has 0 aromatic rings. The van der Waals surface area contributed by atoms with Crippen LogP contribution in [0, 0.1) is 5.92 Å². The van der Waals surface area contributed by atoms with Gasteiger partial charge in [0.1, 0.15) is 0 Å². The highest BCUT2D eigenvalue weighted by Crippen LogP contribution is 2.18. The minimum atomic E-state index is 0.380. The second kappa shape index (κ2) is 8.93. The molecule has 104 valence electrons. The van der Waals surface area contributed by atoms with Crippen molar-refractivity contribution in [1.29, 1.82) is 0 Å². The predicted molar refractivity (Wildman–Crippen MR) is 76.1 cm³/mol. The lowest BCUT2D eigenvalue weighted by atomic mass is 9.95. The van der Waals surface area contributed by atoms with Gasteiger partial charge in [-0.1, -0.05) is 26.2 Å². The van der Waals surface area contributed by atoms with Gasteiger partial charge in [-0.25, -0.2) is 0 Å². The quantitative estimate of drug-likeness (QED) is 0.461. The van der Waals surface area contributed by atoms with E-state index in [1.807, 2.05) is 0 Å². The molecule has 0 heterocycles. The summed E-state index contributed by atoms with van der Waals surface area (Å²) in [5.41, 5.74) is 0. The normalized spacial score (nSPS) is 15.9.